The van der Waals surface area contributed by atoms with Gasteiger partial charge in [-0.15, -0.1) is 0 Å². The van der Waals surface area contributed by atoms with Crippen LogP contribution in [0.4, 0.5) is 0 Å². The van der Waals surface area contributed by atoms with Crippen molar-refractivity contribution in [2.24, 2.45) is 10.9 Å². The fourth-order valence-corrected chi connectivity index (χ4v) is 3.90. The van der Waals surface area contributed by atoms with Gasteiger partial charge in [0.2, 0.25) is 10.0 Å². The van der Waals surface area contributed by atoms with Crippen LogP contribution in [0.2, 0.25) is 0 Å². The SMILES string of the molecule is CCCC(NS(=O)(=O)C1CCCC1)C(N)=NO. The molecule has 0 spiro atoms. The van der Waals surface area contributed by atoms with Gasteiger partial charge in [-0.2, -0.15) is 0 Å². The lowest BCUT2D eigenvalue weighted by molar-refractivity contribution is 0.315. The largest absolute Gasteiger partial charge is 0.409 e. The first-order chi connectivity index (χ1) is 8.01. The summed E-state index contributed by atoms with van der Waals surface area (Å²) in [6, 6.07) is -0.601. The number of rotatable bonds is 6. The summed E-state index contributed by atoms with van der Waals surface area (Å²) in [6.07, 6.45) is 4.59. The van der Waals surface area contributed by atoms with Crippen LogP contribution in [0.1, 0.15) is 45.4 Å². The number of oxime groups is 1. The molecule has 0 aromatic rings. The molecule has 6 nitrogen and oxygen atoms in total. The molecule has 0 aromatic heterocycles. The number of nitrogens with one attached hydrogen (secondary N) is 1. The molecular weight excluding hydrogens is 242 g/mol. The van der Waals surface area contributed by atoms with Crippen molar-refractivity contribution < 1.29 is 13.6 Å². The van der Waals surface area contributed by atoms with Crippen LogP contribution in [0.25, 0.3) is 0 Å². The smallest absolute Gasteiger partial charge is 0.215 e. The summed E-state index contributed by atoms with van der Waals surface area (Å²) in [5.74, 6) is -0.0755. The monoisotopic (exact) mass is 263 g/mol. The van der Waals surface area contributed by atoms with E-state index < -0.39 is 16.1 Å². The molecule has 1 unspecified atom stereocenters. The Kier molecular flexibility index (Phi) is 5.20. The van der Waals surface area contributed by atoms with E-state index in [1.807, 2.05) is 6.92 Å². The lowest BCUT2D eigenvalue weighted by atomic mass is 10.2. The molecule has 1 aliphatic carbocycles. The van der Waals surface area contributed by atoms with Crippen molar-refractivity contribution >= 4 is 15.9 Å². The molecule has 0 saturated heterocycles. The molecule has 1 rings (SSSR count). The molecule has 1 fully saturated rings. The number of amidine groups is 1. The summed E-state index contributed by atoms with van der Waals surface area (Å²) in [4.78, 5) is 0. The molecule has 0 radical (unpaired) electrons. The molecule has 1 aliphatic rings. The van der Waals surface area contributed by atoms with Gasteiger partial charge in [-0.3, -0.25) is 0 Å². The zero-order valence-electron chi connectivity index (χ0n) is 10.1. The van der Waals surface area contributed by atoms with Crippen LogP contribution in [0.5, 0.6) is 0 Å². The van der Waals surface area contributed by atoms with Crippen LogP contribution >= 0.6 is 0 Å². The highest BCUT2D eigenvalue weighted by molar-refractivity contribution is 7.90. The molecule has 1 atom stereocenters. The van der Waals surface area contributed by atoms with Crippen LogP contribution in [0.3, 0.4) is 0 Å². The predicted molar refractivity (Wildman–Crippen MR) is 66.4 cm³/mol. The topological polar surface area (TPSA) is 105 Å². The van der Waals surface area contributed by atoms with E-state index in [0.717, 1.165) is 19.3 Å². The second-order valence-corrected chi connectivity index (χ2v) is 6.43. The van der Waals surface area contributed by atoms with Crippen molar-refractivity contribution in [2.75, 3.05) is 0 Å². The average molecular weight is 263 g/mol. The van der Waals surface area contributed by atoms with Crippen molar-refractivity contribution in [3.05, 3.63) is 0 Å². The first kappa shape index (κ1) is 14.2. The van der Waals surface area contributed by atoms with Crippen molar-refractivity contribution in [2.45, 2.75) is 56.7 Å². The van der Waals surface area contributed by atoms with E-state index in [4.69, 9.17) is 10.9 Å². The van der Waals surface area contributed by atoms with Gasteiger partial charge < -0.3 is 10.9 Å². The molecule has 100 valence electrons. The lowest BCUT2D eigenvalue weighted by Crippen LogP contribution is -2.47. The maximum absolute atomic E-state index is 12.0. The molecule has 0 heterocycles. The van der Waals surface area contributed by atoms with E-state index in [9.17, 15) is 8.42 Å². The zero-order valence-corrected chi connectivity index (χ0v) is 10.9. The molecule has 4 N–H and O–H groups in total. The number of sulfonamides is 1. The number of hydrogen-bond acceptors (Lipinski definition) is 4. The van der Waals surface area contributed by atoms with E-state index in [2.05, 4.69) is 9.88 Å². The Morgan fingerprint density at radius 3 is 2.59 bits per heavy atom. The molecule has 0 amide bonds. The normalized spacial score (nSPS) is 20.6. The van der Waals surface area contributed by atoms with E-state index in [-0.39, 0.29) is 11.1 Å². The van der Waals surface area contributed by atoms with Gasteiger partial charge in [0.1, 0.15) is 0 Å². The summed E-state index contributed by atoms with van der Waals surface area (Å²) >= 11 is 0. The summed E-state index contributed by atoms with van der Waals surface area (Å²) in [7, 11) is -3.36. The third kappa shape index (κ3) is 3.85. The van der Waals surface area contributed by atoms with Crippen molar-refractivity contribution in [3.8, 4) is 0 Å². The molecule has 0 bridgehead atoms. The summed E-state index contributed by atoms with van der Waals surface area (Å²) in [5.41, 5.74) is 5.48. The highest BCUT2D eigenvalue weighted by Crippen LogP contribution is 2.24. The Hall–Kier alpha value is -0.820. The Balaban J connectivity index is 2.71. The maximum Gasteiger partial charge on any atom is 0.215 e. The van der Waals surface area contributed by atoms with Crippen LogP contribution in [-0.4, -0.2) is 30.8 Å². The first-order valence-electron chi connectivity index (χ1n) is 5.99. The quantitative estimate of drug-likeness (QED) is 0.285. The van der Waals surface area contributed by atoms with E-state index in [1.165, 1.54) is 0 Å². The maximum atomic E-state index is 12.0. The Morgan fingerprint density at radius 1 is 1.53 bits per heavy atom. The Morgan fingerprint density at radius 2 is 2.12 bits per heavy atom. The lowest BCUT2D eigenvalue weighted by Gasteiger charge is -2.19. The zero-order chi connectivity index (χ0) is 12.9. The van der Waals surface area contributed by atoms with Crippen LogP contribution in [0.15, 0.2) is 5.16 Å². The standard InChI is InChI=1S/C10H21N3O3S/c1-2-5-9(10(11)12-14)13-17(15,16)8-6-3-4-7-8/h8-9,13-14H,2-7H2,1H3,(H2,11,12). The minimum Gasteiger partial charge on any atom is -0.409 e. The molecule has 0 aliphatic heterocycles. The minimum atomic E-state index is -3.36. The van der Waals surface area contributed by atoms with Crippen molar-refractivity contribution in [1.29, 1.82) is 0 Å². The predicted octanol–water partition coefficient (Wildman–Crippen LogP) is 0.763. The molecule has 7 heteroatoms. The number of hydrogen-bond donors (Lipinski definition) is 3. The van der Waals surface area contributed by atoms with Gasteiger partial charge in [0.25, 0.3) is 0 Å². The highest BCUT2D eigenvalue weighted by Gasteiger charge is 2.31. The third-order valence-corrected chi connectivity index (χ3v) is 5.06. The summed E-state index contributed by atoms with van der Waals surface area (Å²) in [5, 5.41) is 11.2. The second-order valence-electron chi connectivity index (χ2n) is 4.44. The average Bonchev–Trinajstić information content (AvgIpc) is 2.81. The highest BCUT2D eigenvalue weighted by atomic mass is 32.2. The van der Waals surface area contributed by atoms with Gasteiger partial charge in [0, 0.05) is 0 Å². The fraction of sp³-hybridized carbons (Fsp3) is 0.900. The van der Waals surface area contributed by atoms with Gasteiger partial charge in [-0.1, -0.05) is 31.3 Å². The number of nitrogens with zero attached hydrogens (tertiary/aromatic N) is 1. The van der Waals surface area contributed by atoms with Crippen molar-refractivity contribution in [1.82, 2.24) is 4.72 Å². The van der Waals surface area contributed by atoms with Gasteiger partial charge in [0.15, 0.2) is 5.84 Å². The van der Waals surface area contributed by atoms with Crippen LogP contribution in [-0.2, 0) is 10.0 Å². The molecule has 1 saturated carbocycles. The van der Waals surface area contributed by atoms with Gasteiger partial charge in [0.05, 0.1) is 11.3 Å². The van der Waals surface area contributed by atoms with Gasteiger partial charge in [-0.25, -0.2) is 13.1 Å². The Bertz CT molecular complexity index is 361. The minimum absolute atomic E-state index is 0.0755. The van der Waals surface area contributed by atoms with E-state index in [1.54, 1.807) is 0 Å². The van der Waals surface area contributed by atoms with Crippen LogP contribution < -0.4 is 10.5 Å². The fourth-order valence-electron chi connectivity index (χ4n) is 2.12. The number of nitrogens with two attached hydrogens (primary N) is 1. The van der Waals surface area contributed by atoms with Gasteiger partial charge >= 0.3 is 0 Å². The van der Waals surface area contributed by atoms with E-state index >= 15 is 0 Å². The summed E-state index contributed by atoms with van der Waals surface area (Å²) in [6.45, 7) is 1.92. The van der Waals surface area contributed by atoms with Gasteiger partial charge in [-0.05, 0) is 19.3 Å². The second kappa shape index (κ2) is 6.20. The van der Waals surface area contributed by atoms with Crippen molar-refractivity contribution in [3.63, 3.8) is 0 Å². The summed E-state index contributed by atoms with van der Waals surface area (Å²) < 4.78 is 26.6. The Labute approximate surface area is 102 Å². The first-order valence-corrected chi connectivity index (χ1v) is 7.54. The molecule has 17 heavy (non-hydrogen) atoms. The van der Waals surface area contributed by atoms with E-state index in [0.29, 0.717) is 19.3 Å². The molecule has 0 aromatic carbocycles. The third-order valence-electron chi connectivity index (χ3n) is 3.10. The molecular formula is C10H21N3O3S. The van der Waals surface area contributed by atoms with Crippen LogP contribution in [0, 0.1) is 0 Å².